The number of piperazine rings is 1. The van der Waals surface area contributed by atoms with Crippen LogP contribution in [0.15, 0.2) is 23.3 Å². The van der Waals surface area contributed by atoms with Gasteiger partial charge in [0.1, 0.15) is 12.4 Å². The lowest BCUT2D eigenvalue weighted by molar-refractivity contribution is -0.133. The fraction of sp³-hybridized carbons (Fsp3) is 0.529. The molecule has 0 atom stereocenters. The molecule has 0 unspecified atom stereocenters. The molecule has 1 amide bonds. The lowest BCUT2D eigenvalue weighted by Crippen LogP contribution is -2.50. The zero-order valence-corrected chi connectivity index (χ0v) is 15.0. The minimum Gasteiger partial charge on any atom is -0.339 e. The SMILES string of the molecule is Cc1cc(C)n(CC(=O)N2CCN(Cc3nccn3C)CC2)c(=O)n1. The topological polar surface area (TPSA) is 76.3 Å². The third-order valence-electron chi connectivity index (χ3n) is 4.65. The number of carbonyl (C=O) groups excluding carboxylic acids is 1. The number of amides is 1. The Labute approximate surface area is 146 Å². The Bertz CT molecular complexity index is 817. The highest BCUT2D eigenvalue weighted by molar-refractivity contribution is 5.76. The third kappa shape index (κ3) is 3.96. The van der Waals surface area contributed by atoms with E-state index < -0.39 is 0 Å². The van der Waals surface area contributed by atoms with Crippen LogP contribution in [0, 0.1) is 13.8 Å². The van der Waals surface area contributed by atoms with Crippen LogP contribution < -0.4 is 5.69 Å². The number of hydrogen-bond donors (Lipinski definition) is 0. The number of imidazole rings is 1. The largest absolute Gasteiger partial charge is 0.348 e. The van der Waals surface area contributed by atoms with Crippen LogP contribution in [0.1, 0.15) is 17.2 Å². The summed E-state index contributed by atoms with van der Waals surface area (Å²) in [6.45, 7) is 7.38. The molecular formula is C17H24N6O2. The van der Waals surface area contributed by atoms with E-state index in [2.05, 4.69) is 14.9 Å². The molecule has 2 aromatic heterocycles. The first-order valence-electron chi connectivity index (χ1n) is 8.45. The molecule has 25 heavy (non-hydrogen) atoms. The molecule has 8 nitrogen and oxygen atoms in total. The molecule has 3 heterocycles. The van der Waals surface area contributed by atoms with Crippen molar-refractivity contribution in [2.45, 2.75) is 26.9 Å². The van der Waals surface area contributed by atoms with Crippen molar-refractivity contribution in [3.63, 3.8) is 0 Å². The van der Waals surface area contributed by atoms with E-state index in [-0.39, 0.29) is 18.1 Å². The van der Waals surface area contributed by atoms with E-state index in [1.54, 1.807) is 13.1 Å². The number of carbonyl (C=O) groups is 1. The van der Waals surface area contributed by atoms with Gasteiger partial charge in [0.25, 0.3) is 0 Å². The van der Waals surface area contributed by atoms with Crippen LogP contribution in [0.5, 0.6) is 0 Å². The van der Waals surface area contributed by atoms with Crippen molar-refractivity contribution in [3.05, 3.63) is 46.2 Å². The van der Waals surface area contributed by atoms with Gasteiger partial charge in [-0.2, -0.15) is 4.98 Å². The molecule has 0 radical (unpaired) electrons. The summed E-state index contributed by atoms with van der Waals surface area (Å²) >= 11 is 0. The summed E-state index contributed by atoms with van der Waals surface area (Å²) in [7, 11) is 1.98. The predicted octanol–water partition coefficient (Wildman–Crippen LogP) is -0.0620. The van der Waals surface area contributed by atoms with Crippen LogP contribution in [0.3, 0.4) is 0 Å². The Morgan fingerprint density at radius 2 is 1.92 bits per heavy atom. The summed E-state index contributed by atoms with van der Waals surface area (Å²) in [5.41, 5.74) is 1.08. The molecule has 8 heteroatoms. The van der Waals surface area contributed by atoms with Gasteiger partial charge in [0.2, 0.25) is 5.91 Å². The van der Waals surface area contributed by atoms with Gasteiger partial charge in [0, 0.05) is 57.0 Å². The summed E-state index contributed by atoms with van der Waals surface area (Å²) < 4.78 is 3.45. The highest BCUT2D eigenvalue weighted by Crippen LogP contribution is 2.08. The summed E-state index contributed by atoms with van der Waals surface area (Å²) in [5.74, 6) is 0.986. The van der Waals surface area contributed by atoms with Crippen molar-refractivity contribution in [2.75, 3.05) is 26.2 Å². The van der Waals surface area contributed by atoms with Gasteiger partial charge >= 0.3 is 5.69 Å². The number of hydrogen-bond acceptors (Lipinski definition) is 5. The molecule has 0 aliphatic carbocycles. The number of aryl methyl sites for hydroxylation is 3. The zero-order valence-electron chi connectivity index (χ0n) is 15.0. The minimum atomic E-state index is -0.362. The second kappa shape index (κ2) is 7.18. The van der Waals surface area contributed by atoms with E-state index >= 15 is 0 Å². The van der Waals surface area contributed by atoms with Crippen LogP contribution >= 0.6 is 0 Å². The summed E-state index contributed by atoms with van der Waals surface area (Å²) in [6, 6.07) is 1.82. The Morgan fingerprint density at radius 1 is 1.20 bits per heavy atom. The maximum atomic E-state index is 12.5. The van der Waals surface area contributed by atoms with E-state index in [4.69, 9.17) is 0 Å². The molecule has 3 rings (SSSR count). The van der Waals surface area contributed by atoms with Gasteiger partial charge in [-0.05, 0) is 19.9 Å². The lowest BCUT2D eigenvalue weighted by Gasteiger charge is -2.34. The van der Waals surface area contributed by atoms with Crippen molar-refractivity contribution in [1.82, 2.24) is 28.9 Å². The van der Waals surface area contributed by atoms with Crippen LogP contribution in [0.4, 0.5) is 0 Å². The molecule has 1 aliphatic heterocycles. The maximum Gasteiger partial charge on any atom is 0.348 e. The third-order valence-corrected chi connectivity index (χ3v) is 4.65. The highest BCUT2D eigenvalue weighted by Gasteiger charge is 2.22. The number of aromatic nitrogens is 4. The molecule has 0 saturated carbocycles. The van der Waals surface area contributed by atoms with Crippen LogP contribution in [0.25, 0.3) is 0 Å². The highest BCUT2D eigenvalue weighted by atomic mass is 16.2. The Hall–Kier alpha value is -2.48. The number of rotatable bonds is 4. The Balaban J connectivity index is 1.57. The van der Waals surface area contributed by atoms with Crippen molar-refractivity contribution in [1.29, 1.82) is 0 Å². The fourth-order valence-corrected chi connectivity index (χ4v) is 3.11. The van der Waals surface area contributed by atoms with Gasteiger partial charge < -0.3 is 9.47 Å². The molecule has 1 aliphatic rings. The minimum absolute atomic E-state index is 0.0347. The molecule has 134 valence electrons. The van der Waals surface area contributed by atoms with E-state index in [0.29, 0.717) is 18.8 Å². The second-order valence-electron chi connectivity index (χ2n) is 6.52. The first-order chi connectivity index (χ1) is 11.9. The average molecular weight is 344 g/mol. The molecule has 0 bridgehead atoms. The molecule has 0 aromatic carbocycles. The summed E-state index contributed by atoms with van der Waals surface area (Å²) in [6.07, 6.45) is 3.73. The average Bonchev–Trinajstić information content (AvgIpc) is 2.96. The lowest BCUT2D eigenvalue weighted by atomic mass is 10.3. The zero-order chi connectivity index (χ0) is 18.0. The van der Waals surface area contributed by atoms with Gasteiger partial charge in [-0.15, -0.1) is 0 Å². The van der Waals surface area contributed by atoms with Gasteiger partial charge in [-0.25, -0.2) is 9.78 Å². The van der Waals surface area contributed by atoms with E-state index in [1.807, 2.05) is 35.7 Å². The Morgan fingerprint density at radius 3 is 2.52 bits per heavy atom. The van der Waals surface area contributed by atoms with Crippen LogP contribution in [-0.4, -0.2) is 61.0 Å². The molecule has 0 spiro atoms. The second-order valence-corrected chi connectivity index (χ2v) is 6.52. The van der Waals surface area contributed by atoms with E-state index in [1.165, 1.54) is 4.57 Å². The van der Waals surface area contributed by atoms with Gasteiger partial charge in [0.15, 0.2) is 0 Å². The van der Waals surface area contributed by atoms with Gasteiger partial charge in [-0.1, -0.05) is 0 Å². The van der Waals surface area contributed by atoms with Crippen molar-refractivity contribution in [2.24, 2.45) is 7.05 Å². The molecular weight excluding hydrogens is 320 g/mol. The van der Waals surface area contributed by atoms with E-state index in [9.17, 15) is 9.59 Å². The van der Waals surface area contributed by atoms with E-state index in [0.717, 1.165) is 31.2 Å². The van der Waals surface area contributed by atoms with Gasteiger partial charge in [-0.3, -0.25) is 14.3 Å². The first-order valence-corrected chi connectivity index (χ1v) is 8.45. The maximum absolute atomic E-state index is 12.5. The molecule has 1 saturated heterocycles. The standard InChI is InChI=1S/C17H24N6O2/c1-13-10-14(2)23(17(25)19-13)12-16(24)22-8-6-21(7-9-22)11-15-18-4-5-20(15)3/h4-5,10H,6-9,11-12H2,1-3H3. The van der Waals surface area contributed by atoms with Crippen molar-refractivity contribution < 1.29 is 4.79 Å². The molecule has 2 aromatic rings. The van der Waals surface area contributed by atoms with Crippen LogP contribution in [-0.2, 0) is 24.9 Å². The van der Waals surface area contributed by atoms with Crippen molar-refractivity contribution >= 4 is 5.91 Å². The number of nitrogens with zero attached hydrogens (tertiary/aromatic N) is 6. The molecule has 0 N–H and O–H groups in total. The normalized spacial score (nSPS) is 15.6. The predicted molar refractivity (Wildman–Crippen MR) is 93.0 cm³/mol. The first kappa shape index (κ1) is 17.3. The fourth-order valence-electron chi connectivity index (χ4n) is 3.11. The molecule has 1 fully saturated rings. The monoisotopic (exact) mass is 344 g/mol. The van der Waals surface area contributed by atoms with Gasteiger partial charge in [0.05, 0.1) is 6.54 Å². The smallest absolute Gasteiger partial charge is 0.339 e. The quantitative estimate of drug-likeness (QED) is 0.777. The van der Waals surface area contributed by atoms with Crippen molar-refractivity contribution in [3.8, 4) is 0 Å². The van der Waals surface area contributed by atoms with Crippen LogP contribution in [0.2, 0.25) is 0 Å². The summed E-state index contributed by atoms with van der Waals surface area (Å²) in [4.78, 5) is 36.9. The summed E-state index contributed by atoms with van der Waals surface area (Å²) in [5, 5.41) is 0. The Kier molecular flexibility index (Phi) is 4.98.